The largest absolute Gasteiger partial charge is 0.477 e. The van der Waals surface area contributed by atoms with E-state index in [1.807, 2.05) is 0 Å². The molecule has 1 fully saturated rings. The van der Waals surface area contributed by atoms with Crippen molar-refractivity contribution in [3.8, 4) is 0 Å². The smallest absolute Gasteiger partial charge is 0.353 e. The van der Waals surface area contributed by atoms with Crippen molar-refractivity contribution in [1.29, 1.82) is 0 Å². The number of aliphatic carboxylic acids is 1. The summed E-state index contributed by atoms with van der Waals surface area (Å²) in [5.74, 6) is -1.72. The van der Waals surface area contributed by atoms with Gasteiger partial charge in [0, 0.05) is 5.57 Å². The van der Waals surface area contributed by atoms with Crippen molar-refractivity contribution in [3.05, 3.63) is 11.3 Å². The Labute approximate surface area is 89.1 Å². The molecule has 7 heteroatoms. The summed E-state index contributed by atoms with van der Waals surface area (Å²) in [4.78, 5) is 34.7. The van der Waals surface area contributed by atoms with Crippen molar-refractivity contribution in [2.24, 2.45) is 5.73 Å². The molecule has 0 saturated carbocycles. The van der Waals surface area contributed by atoms with Gasteiger partial charge in [0.1, 0.15) is 17.1 Å². The minimum absolute atomic E-state index is 0.0870. The van der Waals surface area contributed by atoms with Crippen molar-refractivity contribution in [2.75, 3.05) is 0 Å². The van der Waals surface area contributed by atoms with Gasteiger partial charge in [-0.25, -0.2) is 4.79 Å². The second-order valence-electron chi connectivity index (χ2n) is 3.31. The maximum atomic E-state index is 11.4. The first-order valence-corrected chi connectivity index (χ1v) is 5.07. The number of hydrogen-bond donors (Lipinski definition) is 2. The van der Waals surface area contributed by atoms with Crippen LogP contribution in [0.5, 0.6) is 0 Å². The van der Waals surface area contributed by atoms with Crippen LogP contribution in [0.3, 0.4) is 0 Å². The lowest BCUT2D eigenvalue weighted by atomic mass is 10.0. The summed E-state index contributed by atoms with van der Waals surface area (Å²) in [6.45, 7) is 1.39. The molecule has 2 aliphatic heterocycles. The third-order valence-electron chi connectivity index (χ3n) is 2.42. The molecule has 2 atom stereocenters. The fourth-order valence-corrected chi connectivity index (χ4v) is 2.66. The average Bonchev–Trinajstić information content (AvgIpc) is 2.20. The Morgan fingerprint density at radius 1 is 1.53 bits per heavy atom. The first kappa shape index (κ1) is 10.2. The predicted octanol–water partition coefficient (Wildman–Crippen LogP) is -0.886. The van der Waals surface area contributed by atoms with Gasteiger partial charge in [0.15, 0.2) is 0 Å². The number of β-lactam (4-membered cyclic amide) rings is 1. The minimum Gasteiger partial charge on any atom is -0.477 e. The van der Waals surface area contributed by atoms with Gasteiger partial charge in [-0.1, -0.05) is 11.8 Å². The highest BCUT2D eigenvalue weighted by Gasteiger charge is 2.53. The van der Waals surface area contributed by atoms with Crippen LogP contribution < -0.4 is 5.73 Å². The lowest BCUT2D eigenvalue weighted by Crippen LogP contribution is -2.68. The third kappa shape index (κ3) is 1.20. The van der Waals surface area contributed by atoms with Crippen LogP contribution in [0.15, 0.2) is 11.3 Å². The van der Waals surface area contributed by atoms with Crippen molar-refractivity contribution in [3.63, 3.8) is 0 Å². The van der Waals surface area contributed by atoms with Gasteiger partial charge in [-0.3, -0.25) is 14.5 Å². The highest BCUT2D eigenvalue weighted by molar-refractivity contribution is 8.14. The summed E-state index contributed by atoms with van der Waals surface area (Å²) in [6.07, 6.45) is 0. The van der Waals surface area contributed by atoms with Crippen molar-refractivity contribution >= 4 is 28.8 Å². The molecule has 0 aromatic heterocycles. The van der Waals surface area contributed by atoms with E-state index in [9.17, 15) is 14.4 Å². The number of rotatable bonds is 1. The second kappa shape index (κ2) is 3.07. The molecule has 0 spiro atoms. The van der Waals surface area contributed by atoms with Gasteiger partial charge in [-0.15, -0.1) is 0 Å². The number of nitrogens with zero attached hydrogens (tertiary/aromatic N) is 1. The van der Waals surface area contributed by atoms with E-state index in [0.717, 1.165) is 16.7 Å². The van der Waals surface area contributed by atoms with E-state index >= 15 is 0 Å². The first-order chi connectivity index (χ1) is 6.95. The van der Waals surface area contributed by atoms with Gasteiger partial charge in [0.25, 0.3) is 0 Å². The topological polar surface area (TPSA) is 101 Å². The van der Waals surface area contributed by atoms with E-state index in [-0.39, 0.29) is 16.4 Å². The number of nitrogens with two attached hydrogens (primary N) is 1. The van der Waals surface area contributed by atoms with E-state index in [1.54, 1.807) is 0 Å². The number of thioether (sulfide) groups is 1. The quantitative estimate of drug-likeness (QED) is 0.565. The molecule has 3 N–H and O–H groups in total. The molecule has 0 aliphatic carbocycles. The number of carboxylic acids is 1. The Morgan fingerprint density at radius 2 is 2.13 bits per heavy atom. The predicted molar refractivity (Wildman–Crippen MR) is 51.5 cm³/mol. The Hall–Kier alpha value is -1.34. The number of amides is 1. The molecule has 1 saturated heterocycles. The zero-order chi connectivity index (χ0) is 11.3. The monoisotopic (exact) mass is 228 g/mol. The fourth-order valence-electron chi connectivity index (χ4n) is 1.59. The van der Waals surface area contributed by atoms with Gasteiger partial charge in [-0.2, -0.15) is 0 Å². The first-order valence-electron chi connectivity index (χ1n) is 4.19. The van der Waals surface area contributed by atoms with Crippen LogP contribution in [0, 0.1) is 0 Å². The molecule has 0 unspecified atom stereocenters. The summed E-state index contributed by atoms with van der Waals surface area (Å²) in [5.41, 5.74) is 5.31. The van der Waals surface area contributed by atoms with Crippen LogP contribution >= 0.6 is 11.8 Å². The SMILES string of the molecule is CC1=C(C(=O)O)N2C(=O)[C@@H](N)[C@H]2SC1=O. The average molecular weight is 228 g/mol. The summed E-state index contributed by atoms with van der Waals surface area (Å²) >= 11 is 0.897. The molecule has 0 bridgehead atoms. The fraction of sp³-hybridized carbons (Fsp3) is 0.375. The number of fused-ring (bicyclic) bond motifs is 1. The molecule has 6 nitrogen and oxygen atoms in total. The van der Waals surface area contributed by atoms with E-state index in [4.69, 9.17) is 10.8 Å². The molecule has 80 valence electrons. The highest BCUT2D eigenvalue weighted by Crippen LogP contribution is 2.39. The number of hydrogen-bond acceptors (Lipinski definition) is 5. The second-order valence-corrected chi connectivity index (χ2v) is 4.40. The molecule has 2 aliphatic rings. The lowest BCUT2D eigenvalue weighted by Gasteiger charge is -2.46. The minimum atomic E-state index is -1.27. The summed E-state index contributed by atoms with van der Waals surface area (Å²) in [5, 5.41) is 8.01. The number of carbonyl (C=O) groups is 3. The zero-order valence-electron chi connectivity index (χ0n) is 7.76. The number of carboxylic acid groups (broad SMARTS) is 1. The summed E-state index contributed by atoms with van der Waals surface area (Å²) in [6, 6.07) is -0.776. The normalized spacial score (nSPS) is 30.1. The molecular weight excluding hydrogens is 220 g/mol. The van der Waals surface area contributed by atoms with Crippen LogP contribution in [-0.4, -0.2) is 38.4 Å². The van der Waals surface area contributed by atoms with Crippen molar-refractivity contribution in [1.82, 2.24) is 4.90 Å². The van der Waals surface area contributed by atoms with E-state index in [2.05, 4.69) is 0 Å². The van der Waals surface area contributed by atoms with Gasteiger partial charge >= 0.3 is 5.97 Å². The molecular formula is C8H8N2O4S. The Bertz CT molecular complexity index is 417. The maximum absolute atomic E-state index is 11.4. The molecule has 1 amide bonds. The Kier molecular flexibility index (Phi) is 2.09. The molecule has 0 aromatic carbocycles. The standard InChI is InChI=1S/C8H8N2O4S/c1-2-4(7(12)13)10-5(11)3(9)6(10)15-8(2)14/h3,6H,9H2,1H3,(H,12,13)/t3-,6-/m1/s1. The van der Waals surface area contributed by atoms with Crippen LogP contribution in [0.1, 0.15) is 6.92 Å². The van der Waals surface area contributed by atoms with Crippen molar-refractivity contribution < 1.29 is 19.5 Å². The van der Waals surface area contributed by atoms with Crippen LogP contribution in [0.4, 0.5) is 0 Å². The molecule has 2 heterocycles. The summed E-state index contributed by atoms with van der Waals surface area (Å²) < 4.78 is 0. The van der Waals surface area contributed by atoms with E-state index in [0.29, 0.717) is 0 Å². The Balaban J connectivity index is 2.47. The molecule has 15 heavy (non-hydrogen) atoms. The van der Waals surface area contributed by atoms with E-state index in [1.165, 1.54) is 6.92 Å². The zero-order valence-corrected chi connectivity index (χ0v) is 8.58. The van der Waals surface area contributed by atoms with Gasteiger partial charge in [0.05, 0.1) is 0 Å². The van der Waals surface area contributed by atoms with Gasteiger partial charge in [-0.05, 0) is 6.92 Å². The van der Waals surface area contributed by atoms with Crippen LogP contribution in [-0.2, 0) is 14.4 Å². The third-order valence-corrected chi connectivity index (χ3v) is 3.68. The van der Waals surface area contributed by atoms with E-state index < -0.39 is 23.3 Å². The van der Waals surface area contributed by atoms with Gasteiger partial charge < -0.3 is 10.8 Å². The molecule has 2 rings (SSSR count). The van der Waals surface area contributed by atoms with Crippen molar-refractivity contribution in [2.45, 2.75) is 18.3 Å². The molecule has 0 aromatic rings. The lowest BCUT2D eigenvalue weighted by molar-refractivity contribution is -0.148. The van der Waals surface area contributed by atoms with Crippen LogP contribution in [0.25, 0.3) is 0 Å². The maximum Gasteiger partial charge on any atom is 0.353 e. The van der Waals surface area contributed by atoms with Gasteiger partial charge in [0.2, 0.25) is 11.0 Å². The summed E-state index contributed by atoms with van der Waals surface area (Å²) in [7, 11) is 0. The molecule has 0 radical (unpaired) electrons. The number of carbonyl (C=O) groups excluding carboxylic acids is 2. The Morgan fingerprint density at radius 3 is 2.67 bits per heavy atom. The van der Waals surface area contributed by atoms with Crippen LogP contribution in [0.2, 0.25) is 0 Å². The highest BCUT2D eigenvalue weighted by atomic mass is 32.2.